The van der Waals surface area contributed by atoms with Gasteiger partial charge in [0.2, 0.25) is 0 Å². The minimum Gasteiger partial charge on any atom is -0.497 e. The molecule has 0 saturated carbocycles. The molecule has 0 unspecified atom stereocenters. The van der Waals surface area contributed by atoms with Crippen LogP contribution in [0, 0.1) is 13.8 Å². The zero-order valence-electron chi connectivity index (χ0n) is 12.7. The molecule has 2 nitrogen and oxygen atoms in total. The number of benzene rings is 2. The molecule has 0 amide bonds. The Kier molecular flexibility index (Phi) is 5.45. The number of carbonyl (C=O) groups excluding carboxylic acids is 1. The molecule has 0 N–H and O–H groups in total. The lowest BCUT2D eigenvalue weighted by Gasteiger charge is -2.06. The Morgan fingerprint density at radius 1 is 1.10 bits per heavy atom. The van der Waals surface area contributed by atoms with Gasteiger partial charge in [-0.15, -0.1) is 11.8 Å². The zero-order chi connectivity index (χ0) is 15.2. The maximum atomic E-state index is 12.2. The molecule has 0 atom stereocenters. The van der Waals surface area contributed by atoms with Crippen molar-refractivity contribution in [3.63, 3.8) is 0 Å². The molecular weight excluding hydrogens is 280 g/mol. The van der Waals surface area contributed by atoms with Crippen molar-refractivity contribution in [2.45, 2.75) is 19.6 Å². The van der Waals surface area contributed by atoms with Crippen LogP contribution in [0.3, 0.4) is 0 Å². The molecular formula is C18H20O2S. The molecule has 0 spiro atoms. The fourth-order valence-corrected chi connectivity index (χ4v) is 3.15. The monoisotopic (exact) mass is 300 g/mol. The van der Waals surface area contributed by atoms with Crippen LogP contribution in [0.25, 0.3) is 0 Å². The number of Topliss-reactive ketones (excluding diaryl/α,β-unsaturated/α-hetero) is 1. The fraction of sp³-hybridized carbons (Fsp3) is 0.278. The summed E-state index contributed by atoms with van der Waals surface area (Å²) in [5.41, 5.74) is 4.52. The second-order valence-corrected chi connectivity index (χ2v) is 6.13. The predicted octanol–water partition coefficient (Wildman–Crippen LogP) is 4.43. The van der Waals surface area contributed by atoms with E-state index in [1.807, 2.05) is 18.2 Å². The van der Waals surface area contributed by atoms with Gasteiger partial charge < -0.3 is 4.74 Å². The quantitative estimate of drug-likeness (QED) is 0.738. The Morgan fingerprint density at radius 2 is 1.81 bits per heavy atom. The highest BCUT2D eigenvalue weighted by molar-refractivity contribution is 7.99. The number of rotatable bonds is 6. The number of carbonyl (C=O) groups is 1. The number of methoxy groups -OCH3 is 1. The Labute approximate surface area is 130 Å². The van der Waals surface area contributed by atoms with Crippen molar-refractivity contribution < 1.29 is 9.53 Å². The molecule has 0 heterocycles. The number of ether oxygens (including phenoxy) is 1. The average Bonchev–Trinajstić information content (AvgIpc) is 2.46. The van der Waals surface area contributed by atoms with Crippen LogP contribution in [0.4, 0.5) is 0 Å². The highest BCUT2D eigenvalue weighted by atomic mass is 32.2. The van der Waals surface area contributed by atoms with E-state index in [-0.39, 0.29) is 5.78 Å². The normalized spacial score (nSPS) is 10.4. The molecule has 2 aromatic rings. The van der Waals surface area contributed by atoms with E-state index in [2.05, 4.69) is 32.0 Å². The van der Waals surface area contributed by atoms with Crippen molar-refractivity contribution in [1.82, 2.24) is 0 Å². The summed E-state index contributed by atoms with van der Waals surface area (Å²) in [6.45, 7) is 4.20. The number of hydrogen-bond acceptors (Lipinski definition) is 3. The number of ketones is 1. The van der Waals surface area contributed by atoms with Gasteiger partial charge in [-0.05, 0) is 31.5 Å². The average molecular weight is 300 g/mol. The lowest BCUT2D eigenvalue weighted by molar-refractivity contribution is 0.102. The van der Waals surface area contributed by atoms with Gasteiger partial charge in [-0.3, -0.25) is 4.79 Å². The van der Waals surface area contributed by atoms with Gasteiger partial charge in [0.15, 0.2) is 5.78 Å². The van der Waals surface area contributed by atoms with Crippen LogP contribution in [0.2, 0.25) is 0 Å². The molecule has 0 aromatic heterocycles. The van der Waals surface area contributed by atoms with E-state index in [1.54, 1.807) is 24.9 Å². The van der Waals surface area contributed by atoms with E-state index in [0.717, 1.165) is 11.5 Å². The minimum atomic E-state index is 0.142. The SMILES string of the molecule is COc1cccc(C(=O)CSCc2cc(C)cc(C)c2)c1. The van der Waals surface area contributed by atoms with Crippen LogP contribution in [0.1, 0.15) is 27.0 Å². The van der Waals surface area contributed by atoms with Crippen LogP contribution < -0.4 is 4.74 Å². The van der Waals surface area contributed by atoms with E-state index >= 15 is 0 Å². The maximum Gasteiger partial charge on any atom is 0.172 e. The van der Waals surface area contributed by atoms with Crippen molar-refractivity contribution in [2.24, 2.45) is 0 Å². The van der Waals surface area contributed by atoms with Gasteiger partial charge in [0.25, 0.3) is 0 Å². The van der Waals surface area contributed by atoms with Gasteiger partial charge in [-0.2, -0.15) is 0 Å². The summed E-state index contributed by atoms with van der Waals surface area (Å²) < 4.78 is 5.15. The molecule has 0 bridgehead atoms. The lowest BCUT2D eigenvalue weighted by atomic mass is 10.1. The van der Waals surface area contributed by atoms with Crippen molar-refractivity contribution in [3.05, 3.63) is 64.7 Å². The van der Waals surface area contributed by atoms with Crippen LogP contribution in [-0.4, -0.2) is 18.6 Å². The van der Waals surface area contributed by atoms with E-state index in [1.165, 1.54) is 16.7 Å². The van der Waals surface area contributed by atoms with E-state index in [0.29, 0.717) is 11.3 Å². The van der Waals surface area contributed by atoms with Gasteiger partial charge in [-0.1, -0.05) is 41.5 Å². The molecule has 0 aliphatic rings. The standard InChI is InChI=1S/C18H20O2S/c1-13-7-14(2)9-15(8-13)11-21-12-18(19)16-5-4-6-17(10-16)20-3/h4-10H,11-12H2,1-3H3. The highest BCUT2D eigenvalue weighted by Crippen LogP contribution is 2.19. The third-order valence-corrected chi connectivity index (χ3v) is 4.18. The first-order valence-electron chi connectivity index (χ1n) is 6.90. The first-order valence-corrected chi connectivity index (χ1v) is 8.06. The van der Waals surface area contributed by atoms with Crippen LogP contribution in [-0.2, 0) is 5.75 Å². The summed E-state index contributed by atoms with van der Waals surface area (Å²) in [7, 11) is 1.61. The molecule has 2 rings (SSSR count). The molecule has 0 aliphatic heterocycles. The molecule has 3 heteroatoms. The largest absolute Gasteiger partial charge is 0.497 e. The summed E-state index contributed by atoms with van der Waals surface area (Å²) in [5, 5.41) is 0. The summed E-state index contributed by atoms with van der Waals surface area (Å²) in [6, 6.07) is 13.8. The van der Waals surface area contributed by atoms with Gasteiger partial charge in [-0.25, -0.2) is 0 Å². The number of hydrogen-bond donors (Lipinski definition) is 0. The maximum absolute atomic E-state index is 12.2. The number of thioether (sulfide) groups is 1. The Balaban J connectivity index is 1.92. The molecule has 0 aliphatic carbocycles. The predicted molar refractivity (Wildman–Crippen MR) is 89.4 cm³/mol. The van der Waals surface area contributed by atoms with Crippen molar-refractivity contribution in [3.8, 4) is 5.75 Å². The first-order chi connectivity index (χ1) is 10.1. The van der Waals surface area contributed by atoms with E-state index in [4.69, 9.17) is 4.74 Å². The van der Waals surface area contributed by atoms with E-state index < -0.39 is 0 Å². The zero-order valence-corrected chi connectivity index (χ0v) is 13.5. The summed E-state index contributed by atoms with van der Waals surface area (Å²) in [5.74, 6) is 2.21. The second kappa shape index (κ2) is 7.32. The first kappa shape index (κ1) is 15.6. The lowest BCUT2D eigenvalue weighted by Crippen LogP contribution is -2.03. The minimum absolute atomic E-state index is 0.142. The van der Waals surface area contributed by atoms with Crippen molar-refractivity contribution in [2.75, 3.05) is 12.9 Å². The third-order valence-electron chi connectivity index (χ3n) is 3.18. The molecule has 110 valence electrons. The van der Waals surface area contributed by atoms with Crippen LogP contribution in [0.5, 0.6) is 5.75 Å². The van der Waals surface area contributed by atoms with Gasteiger partial charge in [0, 0.05) is 11.3 Å². The number of aryl methyl sites for hydroxylation is 2. The Bertz CT molecular complexity index is 615. The van der Waals surface area contributed by atoms with Gasteiger partial charge >= 0.3 is 0 Å². The van der Waals surface area contributed by atoms with Crippen LogP contribution in [0.15, 0.2) is 42.5 Å². The van der Waals surface area contributed by atoms with Gasteiger partial charge in [0.1, 0.15) is 5.75 Å². The Morgan fingerprint density at radius 3 is 2.48 bits per heavy atom. The summed E-state index contributed by atoms with van der Waals surface area (Å²) in [6.07, 6.45) is 0. The van der Waals surface area contributed by atoms with Gasteiger partial charge in [0.05, 0.1) is 12.9 Å². The van der Waals surface area contributed by atoms with Crippen LogP contribution >= 0.6 is 11.8 Å². The molecule has 0 saturated heterocycles. The summed E-state index contributed by atoms with van der Waals surface area (Å²) >= 11 is 1.65. The highest BCUT2D eigenvalue weighted by Gasteiger charge is 2.07. The Hall–Kier alpha value is -1.74. The second-order valence-electron chi connectivity index (χ2n) is 5.14. The molecule has 21 heavy (non-hydrogen) atoms. The topological polar surface area (TPSA) is 26.3 Å². The van der Waals surface area contributed by atoms with Crippen molar-refractivity contribution >= 4 is 17.5 Å². The van der Waals surface area contributed by atoms with E-state index in [9.17, 15) is 4.79 Å². The smallest absolute Gasteiger partial charge is 0.172 e. The molecule has 0 radical (unpaired) electrons. The van der Waals surface area contributed by atoms with Crippen molar-refractivity contribution in [1.29, 1.82) is 0 Å². The third kappa shape index (κ3) is 4.64. The molecule has 2 aromatic carbocycles. The fourth-order valence-electron chi connectivity index (χ4n) is 2.29. The molecule has 0 fully saturated rings. The summed E-state index contributed by atoms with van der Waals surface area (Å²) in [4.78, 5) is 12.2.